The zero-order valence-corrected chi connectivity index (χ0v) is 11.7. The average Bonchev–Trinajstić information content (AvgIpc) is 3.02. The Kier molecular flexibility index (Phi) is 3.75. The van der Waals surface area contributed by atoms with Gasteiger partial charge in [-0.15, -0.1) is 0 Å². The lowest BCUT2D eigenvalue weighted by molar-refractivity contribution is -0.387. The van der Waals surface area contributed by atoms with E-state index in [1.165, 1.54) is 17.8 Å². The molecule has 0 fully saturated rings. The summed E-state index contributed by atoms with van der Waals surface area (Å²) in [6, 6.07) is 18.1. The van der Waals surface area contributed by atoms with E-state index in [9.17, 15) is 10.1 Å². The number of nitro benzene ring substituents is 1. The van der Waals surface area contributed by atoms with E-state index in [1.54, 1.807) is 24.5 Å². The summed E-state index contributed by atoms with van der Waals surface area (Å²) in [5.74, 6) is 0.747. The molecule has 4 nitrogen and oxygen atoms in total. The normalized spacial score (nSPS) is 10.5. The quantitative estimate of drug-likeness (QED) is 0.502. The van der Waals surface area contributed by atoms with Crippen LogP contribution in [0.5, 0.6) is 0 Å². The van der Waals surface area contributed by atoms with Crippen LogP contribution in [0.15, 0.2) is 81.1 Å². The Balaban J connectivity index is 2.02. The van der Waals surface area contributed by atoms with E-state index in [0.29, 0.717) is 4.90 Å². The molecular formula is C16H11NO3S. The fraction of sp³-hybridized carbons (Fsp3) is 0. The number of rotatable bonds is 4. The van der Waals surface area contributed by atoms with Crippen molar-refractivity contribution in [2.24, 2.45) is 0 Å². The zero-order valence-electron chi connectivity index (χ0n) is 10.9. The molecule has 1 aromatic heterocycles. The standard InChI is InChI=1S/C16H11NO3S/c18-17(19)13-7-2-4-10-16(13)21-15-9-3-1-6-12(15)14-8-5-11-20-14/h1-11H. The van der Waals surface area contributed by atoms with Crippen LogP contribution >= 0.6 is 11.8 Å². The van der Waals surface area contributed by atoms with Gasteiger partial charge in [0, 0.05) is 16.5 Å². The number of nitrogens with zero attached hydrogens (tertiary/aromatic N) is 1. The van der Waals surface area contributed by atoms with Gasteiger partial charge in [-0.3, -0.25) is 10.1 Å². The molecule has 21 heavy (non-hydrogen) atoms. The molecule has 0 amide bonds. The molecule has 1 heterocycles. The second-order valence-electron chi connectivity index (χ2n) is 4.30. The fourth-order valence-corrected chi connectivity index (χ4v) is 3.06. The van der Waals surface area contributed by atoms with E-state index in [0.717, 1.165) is 16.2 Å². The highest BCUT2D eigenvalue weighted by Gasteiger charge is 2.16. The van der Waals surface area contributed by atoms with Crippen LogP contribution < -0.4 is 0 Å². The Morgan fingerprint density at radius 3 is 2.33 bits per heavy atom. The van der Waals surface area contributed by atoms with Gasteiger partial charge in [0.25, 0.3) is 5.69 Å². The maximum absolute atomic E-state index is 11.1. The van der Waals surface area contributed by atoms with E-state index < -0.39 is 0 Å². The average molecular weight is 297 g/mol. The number of furan rings is 1. The summed E-state index contributed by atoms with van der Waals surface area (Å²) < 4.78 is 5.43. The largest absolute Gasteiger partial charge is 0.464 e. The molecule has 0 saturated heterocycles. The Bertz CT molecular complexity index is 769. The first kappa shape index (κ1) is 13.5. The summed E-state index contributed by atoms with van der Waals surface area (Å²) in [5.41, 5.74) is 1.03. The van der Waals surface area contributed by atoms with Crippen molar-refractivity contribution >= 4 is 17.4 Å². The van der Waals surface area contributed by atoms with Crippen LogP contribution in [-0.4, -0.2) is 4.92 Å². The van der Waals surface area contributed by atoms with Gasteiger partial charge in [0.05, 0.1) is 16.1 Å². The minimum atomic E-state index is -0.363. The highest BCUT2D eigenvalue weighted by Crippen LogP contribution is 2.39. The predicted octanol–water partition coefficient (Wildman–Crippen LogP) is 5.01. The molecule has 0 aliphatic carbocycles. The molecular weight excluding hydrogens is 286 g/mol. The van der Waals surface area contributed by atoms with Gasteiger partial charge in [0.2, 0.25) is 0 Å². The molecule has 0 bridgehead atoms. The van der Waals surface area contributed by atoms with Crippen LogP contribution in [0.2, 0.25) is 0 Å². The number of para-hydroxylation sites is 1. The molecule has 0 radical (unpaired) electrons. The van der Waals surface area contributed by atoms with Crippen molar-refractivity contribution in [3.05, 3.63) is 77.0 Å². The van der Waals surface area contributed by atoms with Gasteiger partial charge >= 0.3 is 0 Å². The number of nitro groups is 1. The molecule has 0 N–H and O–H groups in total. The zero-order chi connectivity index (χ0) is 14.7. The summed E-state index contributed by atoms with van der Waals surface area (Å²) >= 11 is 1.37. The molecule has 0 aliphatic rings. The van der Waals surface area contributed by atoms with Crippen molar-refractivity contribution < 1.29 is 9.34 Å². The maximum atomic E-state index is 11.1. The smallest absolute Gasteiger partial charge is 0.283 e. The number of hydrogen-bond acceptors (Lipinski definition) is 4. The lowest BCUT2D eigenvalue weighted by atomic mass is 10.2. The number of benzene rings is 2. The monoisotopic (exact) mass is 297 g/mol. The second-order valence-corrected chi connectivity index (χ2v) is 5.38. The van der Waals surface area contributed by atoms with Gasteiger partial charge in [0.1, 0.15) is 5.76 Å². The summed E-state index contributed by atoms with van der Waals surface area (Å²) in [5, 5.41) is 11.1. The lowest BCUT2D eigenvalue weighted by Crippen LogP contribution is -1.90. The van der Waals surface area contributed by atoms with Crippen LogP contribution in [0.4, 0.5) is 5.69 Å². The molecule has 2 aromatic carbocycles. The van der Waals surface area contributed by atoms with Gasteiger partial charge in [-0.25, -0.2) is 0 Å². The predicted molar refractivity (Wildman–Crippen MR) is 81.4 cm³/mol. The van der Waals surface area contributed by atoms with Crippen LogP contribution in [0.1, 0.15) is 0 Å². The molecule has 5 heteroatoms. The van der Waals surface area contributed by atoms with Crippen LogP contribution in [0.3, 0.4) is 0 Å². The van der Waals surface area contributed by atoms with Gasteiger partial charge in [-0.1, -0.05) is 42.1 Å². The Labute approximate surface area is 125 Å². The minimum Gasteiger partial charge on any atom is -0.464 e. The van der Waals surface area contributed by atoms with Crippen molar-refractivity contribution in [2.75, 3.05) is 0 Å². The van der Waals surface area contributed by atoms with E-state index in [1.807, 2.05) is 36.4 Å². The maximum Gasteiger partial charge on any atom is 0.283 e. The van der Waals surface area contributed by atoms with E-state index in [2.05, 4.69) is 0 Å². The van der Waals surface area contributed by atoms with Crippen molar-refractivity contribution in [2.45, 2.75) is 9.79 Å². The highest BCUT2D eigenvalue weighted by molar-refractivity contribution is 7.99. The molecule has 104 valence electrons. The third-order valence-corrected chi connectivity index (χ3v) is 4.10. The van der Waals surface area contributed by atoms with Gasteiger partial charge < -0.3 is 4.42 Å². The van der Waals surface area contributed by atoms with E-state index in [4.69, 9.17) is 4.42 Å². The van der Waals surface area contributed by atoms with Gasteiger partial charge in [-0.05, 0) is 24.3 Å². The molecule has 0 unspecified atom stereocenters. The summed E-state index contributed by atoms with van der Waals surface area (Å²) in [4.78, 5) is 12.3. The lowest BCUT2D eigenvalue weighted by Gasteiger charge is -2.07. The van der Waals surface area contributed by atoms with E-state index >= 15 is 0 Å². The minimum absolute atomic E-state index is 0.108. The third kappa shape index (κ3) is 2.83. The van der Waals surface area contributed by atoms with Crippen molar-refractivity contribution in [3.8, 4) is 11.3 Å². The first-order valence-corrected chi connectivity index (χ1v) is 7.11. The van der Waals surface area contributed by atoms with Crippen LogP contribution in [-0.2, 0) is 0 Å². The second kappa shape index (κ2) is 5.85. The topological polar surface area (TPSA) is 56.3 Å². The molecule has 0 saturated carbocycles. The molecule has 0 spiro atoms. The Hall–Kier alpha value is -2.53. The molecule has 3 rings (SSSR count). The van der Waals surface area contributed by atoms with Crippen molar-refractivity contribution in [1.82, 2.24) is 0 Å². The Morgan fingerprint density at radius 1 is 0.905 bits per heavy atom. The van der Waals surface area contributed by atoms with Gasteiger partial charge in [0.15, 0.2) is 0 Å². The van der Waals surface area contributed by atoms with Crippen molar-refractivity contribution in [1.29, 1.82) is 0 Å². The highest BCUT2D eigenvalue weighted by atomic mass is 32.2. The number of hydrogen-bond donors (Lipinski definition) is 0. The molecule has 0 aliphatic heterocycles. The summed E-state index contributed by atoms with van der Waals surface area (Å²) in [6.07, 6.45) is 1.61. The van der Waals surface area contributed by atoms with Crippen LogP contribution in [0, 0.1) is 10.1 Å². The van der Waals surface area contributed by atoms with Gasteiger partial charge in [-0.2, -0.15) is 0 Å². The molecule has 3 aromatic rings. The Morgan fingerprint density at radius 2 is 1.62 bits per heavy atom. The summed E-state index contributed by atoms with van der Waals surface area (Å²) in [6.45, 7) is 0. The first-order chi connectivity index (χ1) is 10.3. The first-order valence-electron chi connectivity index (χ1n) is 6.30. The van der Waals surface area contributed by atoms with E-state index in [-0.39, 0.29) is 10.6 Å². The fourth-order valence-electron chi connectivity index (χ4n) is 2.00. The van der Waals surface area contributed by atoms with Crippen LogP contribution in [0.25, 0.3) is 11.3 Å². The molecule has 0 atom stereocenters. The third-order valence-electron chi connectivity index (χ3n) is 2.96. The SMILES string of the molecule is O=[N+]([O-])c1ccccc1Sc1ccccc1-c1ccco1. The van der Waals surface area contributed by atoms with Crippen molar-refractivity contribution in [3.63, 3.8) is 0 Å². The summed E-state index contributed by atoms with van der Waals surface area (Å²) in [7, 11) is 0.